The minimum atomic E-state index is -0.417. The molecule has 24 heteroatoms. The Labute approximate surface area is 649 Å². The lowest BCUT2D eigenvalue weighted by atomic mass is 9.98. The highest BCUT2D eigenvalue weighted by atomic mass is 32.2. The monoisotopic (exact) mass is 1530 g/mol. The molecule has 5 heterocycles. The van der Waals surface area contributed by atoms with Gasteiger partial charge in [0.25, 0.3) is 5.91 Å². The number of carbonyl (C=O) groups is 2. The van der Waals surface area contributed by atoms with Crippen molar-refractivity contribution in [3.63, 3.8) is 0 Å². The number of H-pyrrole nitrogens is 1. The zero-order valence-electron chi connectivity index (χ0n) is 67.2. The summed E-state index contributed by atoms with van der Waals surface area (Å²) in [5.41, 5.74) is 2.08. The van der Waals surface area contributed by atoms with Crippen LogP contribution in [0.3, 0.4) is 0 Å². The normalized spacial score (nSPS) is 17.6. The van der Waals surface area contributed by atoms with Gasteiger partial charge >= 0.3 is 0 Å². The van der Waals surface area contributed by atoms with Gasteiger partial charge in [-0.25, -0.2) is 0 Å². The summed E-state index contributed by atoms with van der Waals surface area (Å²) in [5, 5.41) is 25.8. The number of aliphatic hydroxyl groups is 1. The van der Waals surface area contributed by atoms with Crippen molar-refractivity contribution < 1.29 is 33.6 Å². The topological polar surface area (TPSA) is 180 Å². The van der Waals surface area contributed by atoms with Gasteiger partial charge < -0.3 is 64.1 Å². The van der Waals surface area contributed by atoms with Gasteiger partial charge in [0.05, 0.1) is 38.1 Å². The number of hydrogen-bond donors (Lipinski definition) is 6. The maximum atomic E-state index is 12.0. The quantitative estimate of drug-likeness (QED) is 0.0209. The van der Waals surface area contributed by atoms with Crippen molar-refractivity contribution in [2.75, 3.05) is 224 Å². The number of piperidine rings is 4. The molecule has 2 aromatic rings. The van der Waals surface area contributed by atoms with Crippen molar-refractivity contribution in [2.24, 2.45) is 11.8 Å². The van der Waals surface area contributed by atoms with Crippen molar-refractivity contribution in [3.8, 4) is 0 Å². The molecule has 4 N–H and O–H groups in total. The molecule has 1 aromatic carbocycles. The number of carbonyl (C=O) groups excluding carboxylic acids is 2. The summed E-state index contributed by atoms with van der Waals surface area (Å²) in [6.07, 6.45) is 22.7. The minimum absolute atomic E-state index is 0.0722. The van der Waals surface area contributed by atoms with E-state index in [1.54, 1.807) is 25.3 Å². The number of rotatable bonds is 49. The Morgan fingerprint density at radius 2 is 1.16 bits per heavy atom. The number of amides is 2. The molecule has 19 nitrogen and oxygen atoms in total. The first-order valence-electron chi connectivity index (χ1n) is 40.3. The first-order valence-corrected chi connectivity index (χ1v) is 45.0. The molecule has 600 valence electrons. The number of nitrogens with one attached hydrogen (secondary N) is 3. The second-order valence-corrected chi connectivity index (χ2v) is 33.1. The van der Waals surface area contributed by atoms with Gasteiger partial charge in [0.15, 0.2) is 0 Å². The van der Waals surface area contributed by atoms with Crippen molar-refractivity contribution in [1.82, 2.24) is 60.3 Å². The maximum Gasteiger partial charge on any atom is 0.251 e. The summed E-state index contributed by atoms with van der Waals surface area (Å²) in [5.74, 6) is 8.50. The number of aliphatic hydroxyl groups excluding tert-OH is 1. The van der Waals surface area contributed by atoms with E-state index in [0.29, 0.717) is 65.3 Å². The molecule has 6 rings (SSSR count). The molecule has 102 heavy (non-hydrogen) atoms. The highest BCUT2D eigenvalue weighted by Gasteiger charge is 2.21. The molecule has 4 aliphatic rings. The first kappa shape index (κ1) is 98.8. The molecule has 0 saturated carbocycles. The molecule has 0 bridgehead atoms. The van der Waals surface area contributed by atoms with Crippen LogP contribution in [0.25, 0.3) is 11.0 Å². The third kappa shape index (κ3) is 54.4. The first-order chi connectivity index (χ1) is 49.5. The van der Waals surface area contributed by atoms with Crippen LogP contribution in [-0.2, 0) is 23.7 Å². The predicted octanol–water partition coefficient (Wildman–Crippen LogP) is 12.8. The van der Waals surface area contributed by atoms with Crippen LogP contribution in [0.2, 0.25) is 0 Å². The molecular weight excluding hydrogens is 1380 g/mol. The Morgan fingerprint density at radius 1 is 0.618 bits per heavy atom. The average Bonchev–Trinajstić information content (AvgIpc) is 1.66. The fraction of sp³-hybridized carbons (Fsp3) is 0.897. The smallest absolute Gasteiger partial charge is 0.251 e. The summed E-state index contributed by atoms with van der Waals surface area (Å²) in [6.45, 7) is 55.3. The third-order valence-corrected chi connectivity index (χ3v) is 23.3. The number of benzene rings is 1. The van der Waals surface area contributed by atoms with E-state index in [2.05, 4.69) is 169 Å². The van der Waals surface area contributed by atoms with Crippen molar-refractivity contribution in [3.05, 3.63) is 23.8 Å². The van der Waals surface area contributed by atoms with E-state index >= 15 is 0 Å². The van der Waals surface area contributed by atoms with Gasteiger partial charge in [-0.1, -0.05) is 88.0 Å². The van der Waals surface area contributed by atoms with E-state index in [-0.39, 0.29) is 5.91 Å². The van der Waals surface area contributed by atoms with Crippen molar-refractivity contribution in [2.45, 2.75) is 215 Å². The maximum absolute atomic E-state index is 12.0. The number of thioether (sulfide) groups is 3. The molecule has 0 radical (unpaired) electrons. The standard InChI is InChI=1S/C22H44N2O2.C13H19N5O.C13H28N2OS2.C10H21NO2S.C10H23NOS.C10H21NS/c1-19(16-25-18-21(3)24-13-9-6-10-14-24)20(2)17-26-22(4)15-23-11-7-5-8-12-23;1-3-18(4-2)8-7-14-13(19)10-5-6-11-12(9-10)16-17-15-11;1-3-6-15(7-4-2)8-10-18-12-11-17-9-5-14-13-16;12-10(9-14)8-13-7-6-11-4-2-1-3-5-11;1-5-11(6-2)7-8-13-9-10(3)12-4;1-10(12)6-5-9-11-7-3-2-4-8-11/h19-22H,5-18H2,1-4H3;5-6,9H,3-4,7-8H2,1-2H3,(H,14,19)(H,15,16,17);13H,3-12H2,1-2H3,(H,14,16);10,12,14H,1-9H2;10H,5-9H2,1-4H3;10,12H,2-9H2,1H3. The summed E-state index contributed by atoms with van der Waals surface area (Å²) in [7, 11) is 1.77. The van der Waals surface area contributed by atoms with Crippen molar-refractivity contribution >= 4 is 83.9 Å². The average molecular weight is 1530 g/mol. The highest BCUT2D eigenvalue weighted by molar-refractivity contribution is 8.02. The summed E-state index contributed by atoms with van der Waals surface area (Å²) in [4.78, 5) is 39.5. The SMILES string of the molecule is CC(CN1CCCCC1)OCC(C)C(C)COCC(C)N1CCCCC1.CC(S)CCCN1CCCCC1.CCCN(CCC)CCSCCSCCNC=O.CCN(CC)CCNC(=O)c1ccc2n[nH]nc2c1.CCN(CC)CCSCC(C)OC.OC(CS)COCCN1CCCCC1. The number of ether oxygens (including phenoxy) is 4. The molecule has 4 aliphatic heterocycles. The Morgan fingerprint density at radius 3 is 1.73 bits per heavy atom. The lowest BCUT2D eigenvalue weighted by Gasteiger charge is -2.32. The number of likely N-dealkylation sites (tertiary alicyclic amines) is 4. The molecule has 7 unspecified atom stereocenters. The van der Waals surface area contributed by atoms with Crippen molar-refractivity contribution in [1.29, 1.82) is 0 Å². The van der Waals surface area contributed by atoms with E-state index in [1.165, 1.54) is 211 Å². The zero-order valence-corrected chi connectivity index (χ0v) is 71.5. The van der Waals surface area contributed by atoms with Crippen LogP contribution in [-0.4, -0.2) is 321 Å². The molecular formula is C78H156N12O7S5. The van der Waals surface area contributed by atoms with Crippen LogP contribution >= 0.6 is 60.5 Å². The number of aromatic nitrogens is 3. The molecule has 4 saturated heterocycles. The van der Waals surface area contributed by atoms with Gasteiger partial charge in [-0.05, 0) is 231 Å². The Balaban J connectivity index is 0.000000625. The summed E-state index contributed by atoms with van der Waals surface area (Å²) < 4.78 is 22.7. The molecule has 4 fully saturated rings. The number of hydrogen-bond acceptors (Lipinski definition) is 21. The Hall–Kier alpha value is -1.17. The number of thiol groups is 2. The fourth-order valence-corrected chi connectivity index (χ4v) is 15.5. The second kappa shape index (κ2) is 69.1. The Kier molecular flexibility index (Phi) is 66.9. The summed E-state index contributed by atoms with van der Waals surface area (Å²) >= 11 is 14.3. The number of methoxy groups -OCH3 is 1. The Bertz CT molecular complexity index is 2140. The molecule has 0 spiro atoms. The van der Waals surface area contributed by atoms with Gasteiger partial charge in [0.1, 0.15) is 11.0 Å². The zero-order chi connectivity index (χ0) is 75.1. The van der Waals surface area contributed by atoms with Gasteiger partial charge in [-0.2, -0.15) is 76.0 Å². The molecule has 7 atom stereocenters. The summed E-state index contributed by atoms with van der Waals surface area (Å²) in [6, 6.07) is 5.85. The largest absolute Gasteiger partial charge is 0.390 e. The van der Waals surface area contributed by atoms with E-state index < -0.39 is 6.10 Å². The number of fused-ring (bicyclic) bond motifs is 1. The van der Waals surface area contributed by atoms with Crippen LogP contribution in [0.5, 0.6) is 0 Å². The third-order valence-electron chi connectivity index (χ3n) is 19.3. The van der Waals surface area contributed by atoms with Gasteiger partial charge in [0.2, 0.25) is 6.41 Å². The lowest BCUT2D eigenvalue weighted by molar-refractivity contribution is -0.109. The van der Waals surface area contributed by atoms with Crippen LogP contribution in [0, 0.1) is 11.8 Å². The lowest BCUT2D eigenvalue weighted by Crippen LogP contribution is -2.40. The van der Waals surface area contributed by atoms with Gasteiger partial charge in [0, 0.05) is 118 Å². The predicted molar refractivity (Wildman–Crippen MR) is 450 cm³/mol. The number of nitrogens with zero attached hydrogens (tertiary/aromatic N) is 9. The number of aromatic amines is 1. The fourth-order valence-electron chi connectivity index (χ4n) is 12.2. The van der Waals surface area contributed by atoms with Crippen LogP contribution < -0.4 is 10.6 Å². The van der Waals surface area contributed by atoms with Gasteiger partial charge in [-0.3, -0.25) is 14.5 Å². The van der Waals surface area contributed by atoms with E-state index in [0.717, 1.165) is 102 Å². The van der Waals surface area contributed by atoms with Crippen LogP contribution in [0.1, 0.15) is 196 Å². The van der Waals surface area contributed by atoms with E-state index in [9.17, 15) is 14.7 Å². The molecule has 0 aliphatic carbocycles. The second-order valence-electron chi connectivity index (χ2n) is 28.2. The molecule has 2 amide bonds. The molecule has 1 aromatic heterocycles. The van der Waals surface area contributed by atoms with Crippen LogP contribution in [0.4, 0.5) is 0 Å². The van der Waals surface area contributed by atoms with Crippen LogP contribution in [0.15, 0.2) is 18.2 Å². The van der Waals surface area contributed by atoms with E-state index in [1.807, 2.05) is 35.3 Å². The minimum Gasteiger partial charge on any atom is -0.390 e. The number of likely N-dealkylation sites (N-methyl/N-ethyl adjacent to an activating group) is 1. The van der Waals surface area contributed by atoms with E-state index in [4.69, 9.17) is 18.9 Å². The highest BCUT2D eigenvalue weighted by Crippen LogP contribution is 2.18. The van der Waals surface area contributed by atoms with Gasteiger partial charge in [-0.15, -0.1) is 0 Å².